The Morgan fingerprint density at radius 3 is 2.71 bits per heavy atom. The Bertz CT molecular complexity index is 634. The van der Waals surface area contributed by atoms with E-state index in [9.17, 15) is 9.90 Å². The molecule has 1 aliphatic carbocycles. The van der Waals surface area contributed by atoms with Crippen molar-refractivity contribution in [1.82, 2.24) is 14.9 Å². The number of carbonyl (C=O) groups is 1. The lowest BCUT2D eigenvalue weighted by Gasteiger charge is -2.35. The molecular formula is C16H19N3O2. The van der Waals surface area contributed by atoms with Crippen LogP contribution in [0, 0.1) is 11.8 Å². The van der Waals surface area contributed by atoms with E-state index in [0.29, 0.717) is 19.5 Å². The van der Waals surface area contributed by atoms with E-state index in [4.69, 9.17) is 0 Å². The third kappa shape index (κ3) is 2.21. The average Bonchev–Trinajstić information content (AvgIpc) is 2.94. The number of H-pyrrole nitrogens is 1. The smallest absolute Gasteiger partial charge is 0.230 e. The minimum atomic E-state index is -0.208. The average molecular weight is 285 g/mol. The van der Waals surface area contributed by atoms with Gasteiger partial charge in [0.1, 0.15) is 5.82 Å². The first-order valence-corrected chi connectivity index (χ1v) is 7.60. The topological polar surface area (TPSA) is 69.2 Å². The molecule has 2 heterocycles. The van der Waals surface area contributed by atoms with Gasteiger partial charge in [-0.2, -0.15) is 0 Å². The monoisotopic (exact) mass is 285 g/mol. The number of nitrogens with zero attached hydrogens (tertiary/aromatic N) is 2. The standard InChI is InChI=1S/C16H19N3O2/c20-15(19-8-10-5-6-11(9-19)16(10)21)7-14-17-12-3-1-2-4-13(12)18-14/h1-4,10-11,16,21H,5-9H2,(H,17,18)/t10-,11+,16?. The summed E-state index contributed by atoms with van der Waals surface area (Å²) in [6.45, 7) is 1.38. The number of aliphatic hydroxyl groups excluding tert-OH is 1. The van der Waals surface area contributed by atoms with Crippen molar-refractivity contribution in [2.75, 3.05) is 13.1 Å². The molecule has 1 amide bonds. The Kier molecular flexibility index (Phi) is 2.96. The molecule has 21 heavy (non-hydrogen) atoms. The van der Waals surface area contributed by atoms with Crippen molar-refractivity contribution in [3.05, 3.63) is 30.1 Å². The number of hydrogen-bond donors (Lipinski definition) is 2. The predicted octanol–water partition coefficient (Wildman–Crippen LogP) is 1.33. The molecule has 1 aromatic heterocycles. The van der Waals surface area contributed by atoms with Crippen molar-refractivity contribution >= 4 is 16.9 Å². The molecule has 2 bridgehead atoms. The van der Waals surface area contributed by atoms with Gasteiger partial charge in [-0.05, 0) is 25.0 Å². The second kappa shape index (κ2) is 4.84. The summed E-state index contributed by atoms with van der Waals surface area (Å²) < 4.78 is 0. The van der Waals surface area contributed by atoms with E-state index in [-0.39, 0.29) is 23.8 Å². The van der Waals surface area contributed by atoms with E-state index in [2.05, 4.69) is 9.97 Å². The maximum absolute atomic E-state index is 12.5. The van der Waals surface area contributed by atoms with Crippen LogP contribution in [-0.4, -0.2) is 45.1 Å². The molecule has 2 N–H and O–H groups in total. The number of benzene rings is 1. The van der Waals surface area contributed by atoms with E-state index in [0.717, 1.165) is 29.7 Å². The molecule has 1 saturated carbocycles. The third-order valence-electron chi connectivity index (χ3n) is 4.89. The zero-order chi connectivity index (χ0) is 14.4. The summed E-state index contributed by atoms with van der Waals surface area (Å²) in [6.07, 6.45) is 2.19. The van der Waals surface area contributed by atoms with Crippen LogP contribution in [0.15, 0.2) is 24.3 Å². The number of likely N-dealkylation sites (tertiary alicyclic amines) is 1. The molecule has 5 heteroatoms. The quantitative estimate of drug-likeness (QED) is 0.874. The maximum atomic E-state index is 12.5. The van der Waals surface area contributed by atoms with Gasteiger partial charge in [0.05, 0.1) is 23.6 Å². The van der Waals surface area contributed by atoms with Crippen LogP contribution in [-0.2, 0) is 11.2 Å². The number of aliphatic hydroxyl groups is 1. The van der Waals surface area contributed by atoms with Crippen LogP contribution in [0.1, 0.15) is 18.7 Å². The van der Waals surface area contributed by atoms with Crippen LogP contribution in [0.3, 0.4) is 0 Å². The molecule has 1 saturated heterocycles. The number of carbonyl (C=O) groups excluding carboxylic acids is 1. The first-order valence-electron chi connectivity index (χ1n) is 7.60. The zero-order valence-electron chi connectivity index (χ0n) is 11.8. The van der Waals surface area contributed by atoms with Crippen LogP contribution in [0.4, 0.5) is 0 Å². The van der Waals surface area contributed by atoms with E-state index in [1.54, 1.807) is 0 Å². The molecule has 4 rings (SSSR count). The van der Waals surface area contributed by atoms with Crippen molar-refractivity contribution in [2.24, 2.45) is 11.8 Å². The van der Waals surface area contributed by atoms with Crippen molar-refractivity contribution < 1.29 is 9.90 Å². The van der Waals surface area contributed by atoms with Gasteiger partial charge in [-0.15, -0.1) is 0 Å². The molecule has 2 aromatic rings. The molecule has 5 nitrogen and oxygen atoms in total. The normalized spacial score (nSPS) is 28.2. The zero-order valence-corrected chi connectivity index (χ0v) is 11.8. The molecule has 110 valence electrons. The molecule has 0 spiro atoms. The molecule has 1 aliphatic heterocycles. The second-order valence-corrected chi connectivity index (χ2v) is 6.26. The summed E-state index contributed by atoms with van der Waals surface area (Å²) >= 11 is 0. The Hall–Kier alpha value is -1.88. The highest BCUT2D eigenvalue weighted by molar-refractivity contribution is 5.80. The van der Waals surface area contributed by atoms with Gasteiger partial charge in [-0.1, -0.05) is 12.1 Å². The molecule has 1 unspecified atom stereocenters. The summed E-state index contributed by atoms with van der Waals surface area (Å²) in [7, 11) is 0. The van der Waals surface area contributed by atoms with Gasteiger partial charge in [0, 0.05) is 24.9 Å². The van der Waals surface area contributed by atoms with Gasteiger partial charge in [-0.3, -0.25) is 4.79 Å². The fourth-order valence-electron chi connectivity index (χ4n) is 3.74. The summed E-state index contributed by atoms with van der Waals surface area (Å²) in [5.74, 6) is 1.37. The highest BCUT2D eigenvalue weighted by Gasteiger charge is 2.42. The molecule has 2 fully saturated rings. The van der Waals surface area contributed by atoms with Crippen molar-refractivity contribution in [2.45, 2.75) is 25.4 Å². The largest absolute Gasteiger partial charge is 0.392 e. The summed E-state index contributed by atoms with van der Waals surface area (Å²) in [5.41, 5.74) is 1.86. The second-order valence-electron chi connectivity index (χ2n) is 6.26. The van der Waals surface area contributed by atoms with Gasteiger partial charge in [0.2, 0.25) is 5.91 Å². The Balaban J connectivity index is 1.48. The number of imidazole rings is 1. The van der Waals surface area contributed by atoms with Crippen molar-refractivity contribution in [3.8, 4) is 0 Å². The van der Waals surface area contributed by atoms with Gasteiger partial charge in [-0.25, -0.2) is 4.98 Å². The van der Waals surface area contributed by atoms with E-state index >= 15 is 0 Å². The number of aromatic nitrogens is 2. The van der Waals surface area contributed by atoms with Gasteiger partial charge in [0.25, 0.3) is 0 Å². The molecule has 2 aliphatic rings. The van der Waals surface area contributed by atoms with Crippen molar-refractivity contribution in [1.29, 1.82) is 0 Å². The number of aromatic amines is 1. The highest BCUT2D eigenvalue weighted by Crippen LogP contribution is 2.36. The van der Waals surface area contributed by atoms with E-state index in [1.165, 1.54) is 0 Å². The van der Waals surface area contributed by atoms with Crippen molar-refractivity contribution in [3.63, 3.8) is 0 Å². The SMILES string of the molecule is O=C(Cc1nc2ccccc2[nH]1)N1C[C@H]2CC[C@@H](C1)C2O. The molecular weight excluding hydrogens is 266 g/mol. The lowest BCUT2D eigenvalue weighted by molar-refractivity contribution is -0.134. The maximum Gasteiger partial charge on any atom is 0.230 e. The first-order chi connectivity index (χ1) is 10.2. The van der Waals surface area contributed by atoms with Crippen LogP contribution >= 0.6 is 0 Å². The number of nitrogens with one attached hydrogen (secondary N) is 1. The number of hydrogen-bond acceptors (Lipinski definition) is 3. The highest BCUT2D eigenvalue weighted by atomic mass is 16.3. The summed E-state index contributed by atoms with van der Waals surface area (Å²) in [4.78, 5) is 22.0. The van der Waals surface area contributed by atoms with Gasteiger partial charge < -0.3 is 15.0 Å². The van der Waals surface area contributed by atoms with Crippen LogP contribution in [0.25, 0.3) is 11.0 Å². The van der Waals surface area contributed by atoms with Crippen LogP contribution < -0.4 is 0 Å². The fraction of sp³-hybridized carbons (Fsp3) is 0.500. The number of amides is 1. The predicted molar refractivity (Wildman–Crippen MR) is 78.6 cm³/mol. The number of para-hydroxylation sites is 2. The number of piperidine rings is 1. The van der Waals surface area contributed by atoms with Crippen LogP contribution in [0.2, 0.25) is 0 Å². The summed E-state index contributed by atoms with van der Waals surface area (Å²) in [6, 6.07) is 7.80. The van der Waals surface area contributed by atoms with Gasteiger partial charge in [0.15, 0.2) is 0 Å². The lowest BCUT2D eigenvalue weighted by atomic mass is 9.95. The minimum Gasteiger partial charge on any atom is -0.392 e. The molecule has 3 atom stereocenters. The van der Waals surface area contributed by atoms with E-state index < -0.39 is 0 Å². The molecule has 0 radical (unpaired) electrons. The number of rotatable bonds is 2. The molecule has 1 aromatic carbocycles. The third-order valence-corrected chi connectivity index (χ3v) is 4.89. The van der Waals surface area contributed by atoms with E-state index in [1.807, 2.05) is 29.2 Å². The Morgan fingerprint density at radius 2 is 2.00 bits per heavy atom. The number of fused-ring (bicyclic) bond motifs is 3. The summed E-state index contributed by atoms with van der Waals surface area (Å²) in [5, 5.41) is 10.0. The minimum absolute atomic E-state index is 0.109. The Morgan fingerprint density at radius 1 is 1.29 bits per heavy atom. The Labute approximate surface area is 123 Å². The van der Waals surface area contributed by atoms with Gasteiger partial charge >= 0.3 is 0 Å². The van der Waals surface area contributed by atoms with Crippen LogP contribution in [0.5, 0.6) is 0 Å². The fourth-order valence-corrected chi connectivity index (χ4v) is 3.74. The first kappa shape index (κ1) is 12.8. The lowest BCUT2D eigenvalue weighted by Crippen LogP contribution is -2.47.